The van der Waals surface area contributed by atoms with Crippen LogP contribution in [0.5, 0.6) is 0 Å². The lowest BCUT2D eigenvalue weighted by Crippen LogP contribution is -2.32. The second-order valence-corrected chi connectivity index (χ2v) is 5.90. The Balaban J connectivity index is 0.000000791. The number of benzene rings is 2. The SMILES string of the molecule is C=CC1C(c2ccccc2)C=C(C)N1CCc1ccccc1.CC.CC. The van der Waals surface area contributed by atoms with Gasteiger partial charge in [-0.15, -0.1) is 6.58 Å². The summed E-state index contributed by atoms with van der Waals surface area (Å²) < 4.78 is 0. The molecule has 1 nitrogen and oxygen atoms in total. The molecule has 0 fully saturated rings. The van der Waals surface area contributed by atoms with Crippen molar-refractivity contribution in [1.29, 1.82) is 0 Å². The molecule has 0 amide bonds. The summed E-state index contributed by atoms with van der Waals surface area (Å²) in [5, 5.41) is 0. The highest BCUT2D eigenvalue weighted by atomic mass is 15.2. The summed E-state index contributed by atoms with van der Waals surface area (Å²) in [6.45, 7) is 15.3. The maximum atomic E-state index is 4.08. The first-order chi connectivity index (χ1) is 12.8. The lowest BCUT2D eigenvalue weighted by molar-refractivity contribution is 0.309. The van der Waals surface area contributed by atoms with Crippen molar-refractivity contribution in [3.05, 3.63) is 96.2 Å². The van der Waals surface area contributed by atoms with Crippen LogP contribution < -0.4 is 0 Å². The molecule has 0 N–H and O–H groups in total. The van der Waals surface area contributed by atoms with Gasteiger partial charge in [-0.05, 0) is 24.5 Å². The third-order valence-corrected chi connectivity index (χ3v) is 4.51. The Morgan fingerprint density at radius 1 is 0.885 bits per heavy atom. The Morgan fingerprint density at radius 2 is 1.42 bits per heavy atom. The van der Waals surface area contributed by atoms with Crippen molar-refractivity contribution < 1.29 is 0 Å². The molecule has 1 heteroatoms. The monoisotopic (exact) mass is 349 g/mol. The quantitative estimate of drug-likeness (QED) is 0.534. The molecule has 0 radical (unpaired) electrons. The van der Waals surface area contributed by atoms with E-state index < -0.39 is 0 Å². The van der Waals surface area contributed by atoms with Crippen molar-refractivity contribution in [2.45, 2.75) is 53.0 Å². The molecule has 2 atom stereocenters. The molecule has 0 aliphatic carbocycles. The minimum Gasteiger partial charge on any atom is -0.368 e. The van der Waals surface area contributed by atoms with Crippen LogP contribution in [0.3, 0.4) is 0 Å². The second-order valence-electron chi connectivity index (χ2n) is 5.90. The van der Waals surface area contributed by atoms with E-state index in [1.165, 1.54) is 16.8 Å². The van der Waals surface area contributed by atoms with Gasteiger partial charge >= 0.3 is 0 Å². The first-order valence-electron chi connectivity index (χ1n) is 9.96. The average molecular weight is 350 g/mol. The third-order valence-electron chi connectivity index (χ3n) is 4.51. The molecule has 2 unspecified atom stereocenters. The van der Waals surface area contributed by atoms with Crippen LogP contribution in [0.15, 0.2) is 85.1 Å². The molecule has 0 saturated heterocycles. The zero-order valence-electron chi connectivity index (χ0n) is 17.2. The molecule has 3 rings (SSSR count). The lowest BCUT2D eigenvalue weighted by atomic mass is 9.93. The summed E-state index contributed by atoms with van der Waals surface area (Å²) in [6, 6.07) is 21.8. The van der Waals surface area contributed by atoms with E-state index >= 15 is 0 Å². The molecule has 2 aromatic carbocycles. The number of hydrogen-bond donors (Lipinski definition) is 0. The minimum atomic E-state index is 0.353. The van der Waals surface area contributed by atoms with Gasteiger partial charge in [0.05, 0.1) is 6.04 Å². The highest BCUT2D eigenvalue weighted by Crippen LogP contribution is 2.35. The maximum Gasteiger partial charge on any atom is 0.0571 e. The van der Waals surface area contributed by atoms with E-state index in [0.29, 0.717) is 12.0 Å². The van der Waals surface area contributed by atoms with E-state index in [4.69, 9.17) is 0 Å². The fraction of sp³-hybridized carbons (Fsp3) is 0.360. The van der Waals surface area contributed by atoms with Gasteiger partial charge in [-0.3, -0.25) is 0 Å². The molecule has 2 aromatic rings. The normalized spacial score (nSPS) is 18.0. The van der Waals surface area contributed by atoms with Crippen molar-refractivity contribution in [1.82, 2.24) is 4.90 Å². The van der Waals surface area contributed by atoms with E-state index in [-0.39, 0.29) is 0 Å². The van der Waals surface area contributed by atoms with Crippen molar-refractivity contribution in [2.24, 2.45) is 0 Å². The molecule has 26 heavy (non-hydrogen) atoms. The standard InChI is InChI=1S/C21H23N.2C2H6/c1-3-21-20(19-12-8-5-9-13-19)16-17(2)22(21)15-14-18-10-6-4-7-11-18;2*1-2/h3-13,16,20-21H,1,14-15H2,2H3;2*1-2H3. The van der Waals surface area contributed by atoms with E-state index in [1.54, 1.807) is 0 Å². The molecule has 1 aliphatic rings. The summed E-state index contributed by atoms with van der Waals surface area (Å²) >= 11 is 0. The van der Waals surface area contributed by atoms with Crippen molar-refractivity contribution >= 4 is 0 Å². The Bertz CT molecular complexity index is 642. The van der Waals surface area contributed by atoms with Crippen molar-refractivity contribution in [3.63, 3.8) is 0 Å². The largest absolute Gasteiger partial charge is 0.368 e. The van der Waals surface area contributed by atoms with E-state index in [9.17, 15) is 0 Å². The van der Waals surface area contributed by atoms with Crippen LogP contribution in [0.1, 0.15) is 51.7 Å². The summed E-state index contributed by atoms with van der Waals surface area (Å²) in [5.41, 5.74) is 4.12. The van der Waals surface area contributed by atoms with Gasteiger partial charge < -0.3 is 4.90 Å². The molecule has 1 aliphatic heterocycles. The minimum absolute atomic E-state index is 0.353. The molecular weight excluding hydrogens is 314 g/mol. The van der Waals surface area contributed by atoms with Gasteiger partial charge in [-0.25, -0.2) is 0 Å². The number of nitrogens with zero attached hydrogens (tertiary/aromatic N) is 1. The van der Waals surface area contributed by atoms with Crippen LogP contribution in [-0.4, -0.2) is 17.5 Å². The molecule has 0 bridgehead atoms. The maximum absolute atomic E-state index is 4.08. The zero-order chi connectivity index (χ0) is 19.4. The highest BCUT2D eigenvalue weighted by molar-refractivity contribution is 5.34. The Kier molecular flexibility index (Phi) is 10.2. The average Bonchev–Trinajstić information content (AvgIpc) is 3.06. The topological polar surface area (TPSA) is 3.24 Å². The van der Waals surface area contributed by atoms with Crippen LogP contribution in [-0.2, 0) is 6.42 Å². The number of hydrogen-bond acceptors (Lipinski definition) is 1. The smallest absolute Gasteiger partial charge is 0.0571 e. The van der Waals surface area contributed by atoms with Gasteiger partial charge in [0.25, 0.3) is 0 Å². The first-order valence-corrected chi connectivity index (χ1v) is 9.96. The van der Waals surface area contributed by atoms with Crippen LogP contribution in [0, 0.1) is 0 Å². The van der Waals surface area contributed by atoms with Gasteiger partial charge in [0.2, 0.25) is 0 Å². The van der Waals surface area contributed by atoms with Crippen molar-refractivity contribution in [2.75, 3.05) is 6.54 Å². The summed E-state index contributed by atoms with van der Waals surface area (Å²) in [6.07, 6.45) is 5.54. The Morgan fingerprint density at radius 3 is 1.96 bits per heavy atom. The first kappa shape index (κ1) is 21.8. The second kappa shape index (κ2) is 12.1. The van der Waals surface area contributed by atoms with Crippen molar-refractivity contribution in [3.8, 4) is 0 Å². The van der Waals surface area contributed by atoms with Crippen LogP contribution in [0.25, 0.3) is 0 Å². The summed E-state index contributed by atoms with van der Waals surface area (Å²) in [7, 11) is 0. The van der Waals surface area contributed by atoms with Gasteiger partial charge in [0, 0.05) is 18.2 Å². The lowest BCUT2D eigenvalue weighted by Gasteiger charge is -2.30. The zero-order valence-corrected chi connectivity index (χ0v) is 17.2. The van der Waals surface area contributed by atoms with Crippen LogP contribution in [0.2, 0.25) is 0 Å². The van der Waals surface area contributed by atoms with Gasteiger partial charge in [-0.1, -0.05) is 101 Å². The molecular formula is C25H35N. The Hall–Kier alpha value is -2.28. The third kappa shape index (κ3) is 5.62. The fourth-order valence-corrected chi connectivity index (χ4v) is 3.35. The van der Waals surface area contributed by atoms with Crippen LogP contribution in [0.4, 0.5) is 0 Å². The molecule has 140 valence electrons. The van der Waals surface area contributed by atoms with Gasteiger partial charge in [0.15, 0.2) is 0 Å². The van der Waals surface area contributed by atoms with Gasteiger partial charge in [0.1, 0.15) is 0 Å². The summed E-state index contributed by atoms with van der Waals surface area (Å²) in [4.78, 5) is 2.48. The molecule has 1 heterocycles. The predicted molar refractivity (Wildman–Crippen MR) is 116 cm³/mol. The molecule has 0 aromatic heterocycles. The molecule has 0 spiro atoms. The highest BCUT2D eigenvalue weighted by Gasteiger charge is 2.30. The number of rotatable bonds is 5. The van der Waals surface area contributed by atoms with Gasteiger partial charge in [-0.2, -0.15) is 0 Å². The van der Waals surface area contributed by atoms with E-state index in [2.05, 4.69) is 91.2 Å². The van der Waals surface area contributed by atoms with Crippen LogP contribution >= 0.6 is 0 Å². The number of allylic oxidation sites excluding steroid dienone is 1. The Labute approximate surface area is 161 Å². The molecule has 0 saturated carbocycles. The van der Waals surface area contributed by atoms with E-state index in [0.717, 1.165) is 13.0 Å². The predicted octanol–water partition coefficient (Wildman–Crippen LogP) is 6.84. The van der Waals surface area contributed by atoms with E-state index in [1.807, 2.05) is 27.7 Å². The summed E-state index contributed by atoms with van der Waals surface area (Å²) in [5.74, 6) is 0.412. The fourth-order valence-electron chi connectivity index (χ4n) is 3.35.